The molecule has 0 aromatic heterocycles. The van der Waals surface area contributed by atoms with Gasteiger partial charge in [-0.1, -0.05) is 11.6 Å². The number of esters is 1. The van der Waals surface area contributed by atoms with Crippen molar-refractivity contribution in [2.45, 2.75) is 10.4 Å². The molecule has 0 atom stereocenters. The van der Waals surface area contributed by atoms with Gasteiger partial charge in [0.15, 0.2) is 0 Å². The molecule has 0 saturated carbocycles. The molecule has 0 unspecified atom stereocenters. The maximum absolute atomic E-state index is 12.3. The van der Waals surface area contributed by atoms with Crippen LogP contribution in [0.1, 0.15) is 15.9 Å². The molecule has 0 fully saturated rings. The van der Waals surface area contributed by atoms with Gasteiger partial charge >= 0.3 is 11.5 Å². The van der Waals surface area contributed by atoms with Gasteiger partial charge < -0.3 is 4.74 Å². The van der Waals surface area contributed by atoms with Crippen LogP contribution in [-0.4, -0.2) is 18.6 Å². The molecule has 0 saturated heterocycles. The van der Waals surface area contributed by atoms with Crippen molar-refractivity contribution in [1.29, 1.82) is 5.26 Å². The van der Waals surface area contributed by atoms with Gasteiger partial charge in [0.05, 0.1) is 18.2 Å². The van der Waals surface area contributed by atoms with Gasteiger partial charge in [-0.15, -0.1) is 0 Å². The highest BCUT2D eigenvalue weighted by Gasteiger charge is 2.33. The number of alkyl halides is 3. The van der Waals surface area contributed by atoms with Crippen LogP contribution in [-0.2, 0) is 4.74 Å². The third kappa shape index (κ3) is 3.55. The first-order valence-electron chi connectivity index (χ1n) is 4.36. The number of thioether (sulfide) groups is 1. The standard InChI is InChI=1S/C10H5ClF3NO2S/c1-17-9(16)8-5(4-15)2-6(11)3-7(8)18-10(12,13)14/h2-3H,1H3. The zero-order valence-electron chi connectivity index (χ0n) is 8.84. The number of halogens is 4. The fourth-order valence-electron chi connectivity index (χ4n) is 1.19. The van der Waals surface area contributed by atoms with E-state index in [0.29, 0.717) is 0 Å². The number of hydrogen-bond donors (Lipinski definition) is 0. The molecule has 0 spiro atoms. The van der Waals surface area contributed by atoms with Crippen LogP contribution in [0.25, 0.3) is 0 Å². The second-order valence-electron chi connectivity index (χ2n) is 2.98. The van der Waals surface area contributed by atoms with Crippen LogP contribution >= 0.6 is 23.4 Å². The van der Waals surface area contributed by atoms with Crippen molar-refractivity contribution in [1.82, 2.24) is 0 Å². The van der Waals surface area contributed by atoms with E-state index >= 15 is 0 Å². The number of nitriles is 1. The molecule has 0 N–H and O–H groups in total. The highest BCUT2D eigenvalue weighted by molar-refractivity contribution is 8.00. The van der Waals surface area contributed by atoms with Crippen LogP contribution in [0.5, 0.6) is 0 Å². The molecule has 1 rings (SSSR count). The maximum Gasteiger partial charge on any atom is 0.446 e. The minimum atomic E-state index is -4.60. The van der Waals surface area contributed by atoms with Crippen molar-refractivity contribution < 1.29 is 22.7 Å². The summed E-state index contributed by atoms with van der Waals surface area (Å²) in [5.74, 6) is -1.02. The SMILES string of the molecule is COC(=O)c1c(C#N)cc(Cl)cc1SC(F)(F)F. The molecule has 0 amide bonds. The lowest BCUT2D eigenvalue weighted by Crippen LogP contribution is -2.09. The molecule has 8 heteroatoms. The Kier molecular flexibility index (Phi) is 4.48. The molecule has 96 valence electrons. The van der Waals surface area contributed by atoms with Gasteiger partial charge in [0.25, 0.3) is 0 Å². The first-order chi connectivity index (χ1) is 8.28. The molecule has 0 aliphatic carbocycles. The zero-order valence-corrected chi connectivity index (χ0v) is 10.4. The highest BCUT2D eigenvalue weighted by Crippen LogP contribution is 2.40. The summed E-state index contributed by atoms with van der Waals surface area (Å²) in [5.41, 5.74) is -5.30. The van der Waals surface area contributed by atoms with E-state index in [1.807, 2.05) is 0 Å². The molecule has 0 radical (unpaired) electrons. The average molecular weight is 296 g/mol. The lowest BCUT2D eigenvalue weighted by atomic mass is 10.1. The van der Waals surface area contributed by atoms with Gasteiger partial charge in [-0.05, 0) is 23.9 Å². The molecule has 18 heavy (non-hydrogen) atoms. The average Bonchev–Trinajstić information content (AvgIpc) is 2.25. The summed E-state index contributed by atoms with van der Waals surface area (Å²) in [4.78, 5) is 11.0. The largest absolute Gasteiger partial charge is 0.465 e. The fourth-order valence-corrected chi connectivity index (χ4v) is 2.20. The first-order valence-corrected chi connectivity index (χ1v) is 5.55. The third-order valence-electron chi connectivity index (χ3n) is 1.80. The van der Waals surface area contributed by atoms with Crippen LogP contribution in [0.4, 0.5) is 13.2 Å². The number of carbonyl (C=O) groups excluding carboxylic acids is 1. The second kappa shape index (κ2) is 5.50. The summed E-state index contributed by atoms with van der Waals surface area (Å²) in [6.07, 6.45) is 0. The monoisotopic (exact) mass is 295 g/mol. The van der Waals surface area contributed by atoms with Crippen LogP contribution in [0.15, 0.2) is 17.0 Å². The van der Waals surface area contributed by atoms with Crippen molar-refractivity contribution in [3.63, 3.8) is 0 Å². The van der Waals surface area contributed by atoms with Crippen LogP contribution in [0.2, 0.25) is 5.02 Å². The number of carbonyl (C=O) groups is 1. The zero-order chi connectivity index (χ0) is 13.9. The molecule has 1 aromatic rings. The fraction of sp³-hybridized carbons (Fsp3) is 0.200. The van der Waals surface area contributed by atoms with E-state index in [1.165, 1.54) is 0 Å². The van der Waals surface area contributed by atoms with Crippen molar-refractivity contribution >= 4 is 29.3 Å². The molecule has 0 aliphatic rings. The van der Waals surface area contributed by atoms with Gasteiger partial charge in [0.2, 0.25) is 0 Å². The minimum absolute atomic E-state index is 0.0639. The van der Waals surface area contributed by atoms with E-state index in [9.17, 15) is 18.0 Å². The summed E-state index contributed by atoms with van der Waals surface area (Å²) < 4.78 is 41.4. The summed E-state index contributed by atoms with van der Waals surface area (Å²) in [5, 5.41) is 8.74. The van der Waals surface area contributed by atoms with Crippen molar-refractivity contribution in [2.24, 2.45) is 0 Å². The van der Waals surface area contributed by atoms with E-state index in [-0.39, 0.29) is 10.6 Å². The van der Waals surface area contributed by atoms with Crippen molar-refractivity contribution in [3.8, 4) is 6.07 Å². The Hall–Kier alpha value is -1.39. The molecular formula is C10H5ClF3NO2S. The van der Waals surface area contributed by atoms with E-state index in [1.54, 1.807) is 6.07 Å². The molecule has 0 heterocycles. The van der Waals surface area contributed by atoms with Crippen LogP contribution < -0.4 is 0 Å². The number of rotatable bonds is 2. The molecule has 3 nitrogen and oxygen atoms in total. The minimum Gasteiger partial charge on any atom is -0.465 e. The number of nitrogens with zero attached hydrogens (tertiary/aromatic N) is 1. The van der Waals surface area contributed by atoms with Crippen LogP contribution in [0.3, 0.4) is 0 Å². The van der Waals surface area contributed by atoms with Crippen LogP contribution in [0, 0.1) is 11.3 Å². The molecule has 0 bridgehead atoms. The number of ether oxygens (including phenoxy) is 1. The maximum atomic E-state index is 12.3. The molecule has 1 aromatic carbocycles. The van der Waals surface area contributed by atoms with E-state index < -0.39 is 33.7 Å². The Bertz CT molecular complexity index is 525. The van der Waals surface area contributed by atoms with E-state index in [0.717, 1.165) is 19.2 Å². The topological polar surface area (TPSA) is 50.1 Å². The van der Waals surface area contributed by atoms with Crippen molar-refractivity contribution in [2.75, 3.05) is 7.11 Å². The summed E-state index contributed by atoms with van der Waals surface area (Å²) in [6, 6.07) is 3.68. The predicted molar refractivity (Wildman–Crippen MR) is 59.4 cm³/mol. The molecular weight excluding hydrogens is 291 g/mol. The quantitative estimate of drug-likeness (QED) is 0.618. The third-order valence-corrected chi connectivity index (χ3v) is 2.79. The van der Waals surface area contributed by atoms with Gasteiger partial charge in [0, 0.05) is 9.92 Å². The highest BCUT2D eigenvalue weighted by atomic mass is 35.5. The van der Waals surface area contributed by atoms with E-state index in [4.69, 9.17) is 16.9 Å². The summed E-state index contributed by atoms with van der Waals surface area (Å²) in [6.45, 7) is 0. The second-order valence-corrected chi connectivity index (χ2v) is 4.52. The van der Waals surface area contributed by atoms with E-state index in [2.05, 4.69) is 4.74 Å². The summed E-state index contributed by atoms with van der Waals surface area (Å²) >= 11 is 5.07. The Labute approximate surface area is 109 Å². The smallest absolute Gasteiger partial charge is 0.446 e. The number of benzene rings is 1. The predicted octanol–water partition coefficient (Wildman–Crippen LogP) is 3.61. The number of hydrogen-bond acceptors (Lipinski definition) is 4. The van der Waals surface area contributed by atoms with Gasteiger partial charge in [-0.2, -0.15) is 18.4 Å². The lowest BCUT2D eigenvalue weighted by molar-refractivity contribution is -0.0328. The van der Waals surface area contributed by atoms with Gasteiger partial charge in [-0.25, -0.2) is 4.79 Å². The Morgan fingerprint density at radius 3 is 2.56 bits per heavy atom. The van der Waals surface area contributed by atoms with Gasteiger partial charge in [-0.3, -0.25) is 0 Å². The Morgan fingerprint density at radius 2 is 2.11 bits per heavy atom. The van der Waals surface area contributed by atoms with Gasteiger partial charge in [0.1, 0.15) is 6.07 Å². The lowest BCUT2D eigenvalue weighted by Gasteiger charge is -2.11. The molecule has 0 aliphatic heterocycles. The van der Waals surface area contributed by atoms with Crippen molar-refractivity contribution in [3.05, 3.63) is 28.3 Å². The Balaban J connectivity index is 3.43. The summed E-state index contributed by atoms with van der Waals surface area (Å²) in [7, 11) is 1.01. The normalized spacial score (nSPS) is 10.9. The number of methoxy groups -OCH3 is 1. The first kappa shape index (κ1) is 14.7. The Morgan fingerprint density at radius 1 is 1.50 bits per heavy atom.